The molecule has 0 spiro atoms. The fraction of sp³-hybridized carbons (Fsp3) is 0.524. The topological polar surface area (TPSA) is 109 Å². The zero-order valence-electron chi connectivity index (χ0n) is 17.3. The lowest BCUT2D eigenvalue weighted by Crippen LogP contribution is -2.63. The van der Waals surface area contributed by atoms with E-state index in [9.17, 15) is 14.4 Å². The number of nitrogens with zero attached hydrogens (tertiary/aromatic N) is 3. The number of nitrogens with one attached hydrogen (secondary N) is 2. The van der Waals surface area contributed by atoms with Gasteiger partial charge in [0.15, 0.2) is 5.69 Å². The molecule has 1 saturated carbocycles. The van der Waals surface area contributed by atoms with Crippen molar-refractivity contribution in [2.24, 2.45) is 0 Å². The van der Waals surface area contributed by atoms with Crippen molar-refractivity contribution in [1.29, 1.82) is 0 Å². The lowest BCUT2D eigenvalue weighted by molar-refractivity contribution is -0.133. The summed E-state index contributed by atoms with van der Waals surface area (Å²) in [5, 5.41) is 10.1. The van der Waals surface area contributed by atoms with E-state index in [4.69, 9.17) is 4.42 Å². The van der Waals surface area contributed by atoms with E-state index in [1.54, 1.807) is 26.1 Å². The molecule has 3 amide bonds. The van der Waals surface area contributed by atoms with Gasteiger partial charge in [-0.05, 0) is 31.9 Å². The predicted octanol–water partition coefficient (Wildman–Crippen LogP) is 1.70. The molecule has 9 heteroatoms. The van der Waals surface area contributed by atoms with Crippen molar-refractivity contribution in [1.82, 2.24) is 25.3 Å². The number of amides is 3. The second-order valence-corrected chi connectivity index (χ2v) is 8.28. The molecule has 30 heavy (non-hydrogen) atoms. The molecule has 4 rings (SSSR count). The third kappa shape index (κ3) is 3.71. The van der Waals surface area contributed by atoms with Crippen LogP contribution in [0.25, 0.3) is 0 Å². The van der Waals surface area contributed by atoms with Gasteiger partial charge in [-0.25, -0.2) is 0 Å². The minimum atomic E-state index is -1.07. The molecule has 1 aliphatic heterocycles. The van der Waals surface area contributed by atoms with E-state index < -0.39 is 11.4 Å². The van der Waals surface area contributed by atoms with Gasteiger partial charge in [-0.15, -0.1) is 0 Å². The Balaban J connectivity index is 1.49. The molecule has 2 N–H and O–H groups in total. The average molecular weight is 413 g/mol. The van der Waals surface area contributed by atoms with Crippen molar-refractivity contribution < 1.29 is 18.8 Å². The number of likely N-dealkylation sites (N-methyl/N-ethyl adjacent to an activating group) is 1. The summed E-state index contributed by atoms with van der Waals surface area (Å²) in [6.45, 7) is 2.16. The third-order valence-corrected chi connectivity index (χ3v) is 6.17. The van der Waals surface area contributed by atoms with Gasteiger partial charge in [-0.2, -0.15) is 5.10 Å². The summed E-state index contributed by atoms with van der Waals surface area (Å²) in [4.78, 5) is 40.0. The normalized spacial score (nSPS) is 21.9. The highest BCUT2D eigenvalue weighted by Crippen LogP contribution is 2.27. The average Bonchev–Trinajstić information content (AvgIpc) is 3.41. The first-order chi connectivity index (χ1) is 14.4. The Morgan fingerprint density at radius 3 is 2.77 bits per heavy atom. The maximum atomic E-state index is 13.1. The van der Waals surface area contributed by atoms with E-state index >= 15 is 0 Å². The van der Waals surface area contributed by atoms with Crippen molar-refractivity contribution >= 4 is 17.7 Å². The van der Waals surface area contributed by atoms with E-state index in [2.05, 4.69) is 15.7 Å². The molecule has 0 saturated heterocycles. The largest absolute Gasteiger partial charge is 0.467 e. The lowest BCUT2D eigenvalue weighted by atomic mass is 9.92. The molecule has 0 unspecified atom stereocenters. The van der Waals surface area contributed by atoms with Crippen molar-refractivity contribution in [3.8, 4) is 0 Å². The number of aromatic nitrogens is 2. The molecule has 3 heterocycles. The zero-order chi connectivity index (χ0) is 21.3. The lowest BCUT2D eigenvalue weighted by Gasteiger charge is -2.41. The Labute approximate surface area is 174 Å². The predicted molar refractivity (Wildman–Crippen MR) is 108 cm³/mol. The Hall–Kier alpha value is -3.10. The van der Waals surface area contributed by atoms with E-state index in [1.165, 1.54) is 28.3 Å². The van der Waals surface area contributed by atoms with Gasteiger partial charge >= 0.3 is 0 Å². The Kier molecular flexibility index (Phi) is 5.36. The minimum absolute atomic E-state index is 0.134. The fourth-order valence-electron chi connectivity index (χ4n) is 4.10. The molecular formula is C21H27N5O4. The number of hydrogen-bond donors (Lipinski definition) is 2. The summed E-state index contributed by atoms with van der Waals surface area (Å²) in [5.41, 5.74) is -0.644. The molecule has 2 aliphatic rings. The summed E-state index contributed by atoms with van der Waals surface area (Å²) in [7, 11) is 1.62. The van der Waals surface area contributed by atoms with Crippen LogP contribution in [0.15, 0.2) is 28.9 Å². The molecule has 2 aromatic heterocycles. The van der Waals surface area contributed by atoms with Gasteiger partial charge in [-0.3, -0.25) is 19.1 Å². The van der Waals surface area contributed by atoms with Crippen LogP contribution in [0.3, 0.4) is 0 Å². The monoisotopic (exact) mass is 413 g/mol. The molecule has 9 nitrogen and oxygen atoms in total. The van der Waals surface area contributed by atoms with Crippen molar-refractivity contribution in [2.45, 2.75) is 63.7 Å². The van der Waals surface area contributed by atoms with Gasteiger partial charge < -0.3 is 20.0 Å². The van der Waals surface area contributed by atoms with Crippen molar-refractivity contribution in [3.05, 3.63) is 41.6 Å². The van der Waals surface area contributed by atoms with Crippen LogP contribution in [0, 0.1) is 0 Å². The van der Waals surface area contributed by atoms with Gasteiger partial charge in [0.1, 0.15) is 17.0 Å². The zero-order valence-corrected chi connectivity index (χ0v) is 17.3. The summed E-state index contributed by atoms with van der Waals surface area (Å²) >= 11 is 0. The van der Waals surface area contributed by atoms with E-state index in [0.29, 0.717) is 11.5 Å². The molecule has 0 radical (unpaired) electrons. The molecule has 1 aliphatic carbocycles. The maximum absolute atomic E-state index is 13.1. The first kappa shape index (κ1) is 20.2. The molecule has 2 aromatic rings. The van der Waals surface area contributed by atoms with Gasteiger partial charge in [0.05, 0.1) is 19.4 Å². The highest BCUT2D eigenvalue weighted by atomic mass is 16.3. The molecule has 0 aromatic carbocycles. The Morgan fingerprint density at radius 2 is 2.07 bits per heavy atom. The van der Waals surface area contributed by atoms with E-state index in [1.807, 2.05) is 0 Å². The van der Waals surface area contributed by atoms with Crippen LogP contribution >= 0.6 is 0 Å². The highest BCUT2D eigenvalue weighted by molar-refractivity contribution is 6.01. The smallest absolute Gasteiger partial charge is 0.272 e. The number of rotatable bonds is 5. The van der Waals surface area contributed by atoms with Crippen LogP contribution in [0.4, 0.5) is 0 Å². The first-order valence-electron chi connectivity index (χ1n) is 10.4. The summed E-state index contributed by atoms with van der Waals surface area (Å²) in [6, 6.07) is 5.11. The molecular weight excluding hydrogens is 386 g/mol. The highest BCUT2D eigenvalue weighted by Gasteiger charge is 2.46. The summed E-state index contributed by atoms with van der Waals surface area (Å²) in [6.07, 6.45) is 6.87. The molecule has 0 bridgehead atoms. The quantitative estimate of drug-likeness (QED) is 0.775. The van der Waals surface area contributed by atoms with Gasteiger partial charge in [0, 0.05) is 19.2 Å². The van der Waals surface area contributed by atoms with Crippen LogP contribution in [0.2, 0.25) is 0 Å². The Bertz CT molecular complexity index is 945. The second-order valence-electron chi connectivity index (χ2n) is 8.28. The third-order valence-electron chi connectivity index (χ3n) is 6.17. The summed E-state index contributed by atoms with van der Waals surface area (Å²) in [5.74, 6) is -0.303. The van der Waals surface area contributed by atoms with Crippen LogP contribution < -0.4 is 10.6 Å². The Morgan fingerprint density at radius 1 is 1.30 bits per heavy atom. The number of hydrogen-bond acceptors (Lipinski definition) is 5. The van der Waals surface area contributed by atoms with E-state index in [-0.39, 0.29) is 36.6 Å². The standard InChI is InChI=1S/C21H27N5O4/c1-21(20(29)23-14-7-4-3-5-8-14)13-26-17(19(28)25(21)2)11-16(24-26)18(27)22-12-15-9-6-10-30-15/h6,9-11,14H,3-5,7-8,12-13H2,1-2H3,(H,22,27)(H,23,29)/t21-/m0/s1. The minimum Gasteiger partial charge on any atom is -0.467 e. The number of carbonyl (C=O) groups excluding carboxylic acids is 3. The van der Waals surface area contributed by atoms with Crippen LogP contribution in [0.5, 0.6) is 0 Å². The molecule has 1 atom stereocenters. The number of carbonyl (C=O) groups is 3. The maximum Gasteiger partial charge on any atom is 0.272 e. The van der Waals surface area contributed by atoms with Crippen LogP contribution in [0.1, 0.15) is 65.8 Å². The second kappa shape index (κ2) is 7.97. The van der Waals surface area contributed by atoms with Crippen molar-refractivity contribution in [3.63, 3.8) is 0 Å². The van der Waals surface area contributed by atoms with Gasteiger partial charge in [-0.1, -0.05) is 19.3 Å². The number of furan rings is 1. The number of fused-ring (bicyclic) bond motifs is 1. The van der Waals surface area contributed by atoms with Gasteiger partial charge in [0.25, 0.3) is 11.8 Å². The van der Waals surface area contributed by atoms with Crippen LogP contribution in [-0.2, 0) is 17.9 Å². The first-order valence-corrected chi connectivity index (χ1v) is 10.4. The van der Waals surface area contributed by atoms with Gasteiger partial charge in [0.2, 0.25) is 5.91 Å². The fourth-order valence-corrected chi connectivity index (χ4v) is 4.10. The summed E-state index contributed by atoms with van der Waals surface area (Å²) < 4.78 is 6.67. The van der Waals surface area contributed by atoms with E-state index in [0.717, 1.165) is 25.7 Å². The van der Waals surface area contributed by atoms with Crippen molar-refractivity contribution in [2.75, 3.05) is 7.05 Å². The molecule has 1 fully saturated rings. The molecule has 160 valence electrons. The SMILES string of the molecule is CN1C(=O)c2cc(C(=O)NCc3ccco3)nn2C[C@@]1(C)C(=O)NC1CCCCC1. The van der Waals surface area contributed by atoms with Crippen LogP contribution in [-0.4, -0.2) is 51.0 Å².